The summed E-state index contributed by atoms with van der Waals surface area (Å²) in [4.78, 5) is 20.6. The minimum absolute atomic E-state index is 0.0797. The number of ether oxygens (including phenoxy) is 1. The van der Waals surface area contributed by atoms with Crippen LogP contribution in [0.2, 0.25) is 5.02 Å². The Morgan fingerprint density at radius 2 is 1.60 bits per heavy atom. The van der Waals surface area contributed by atoms with E-state index in [1.807, 2.05) is 93.7 Å². The monoisotopic (exact) mass is 676 g/mol. The molecule has 202 valence electrons. The first kappa shape index (κ1) is 28.3. The molecule has 0 radical (unpaired) electrons. The van der Waals surface area contributed by atoms with Crippen molar-refractivity contribution in [2.24, 2.45) is 0 Å². The minimum atomic E-state index is -0.0797. The summed E-state index contributed by atoms with van der Waals surface area (Å²) in [5.74, 6) is 0.754. The van der Waals surface area contributed by atoms with Gasteiger partial charge in [0.1, 0.15) is 12.4 Å². The maximum atomic E-state index is 13.9. The molecule has 5 rings (SSSR count). The van der Waals surface area contributed by atoms with Crippen molar-refractivity contribution in [3.8, 4) is 17.0 Å². The Labute approximate surface area is 256 Å². The third-order valence-corrected chi connectivity index (χ3v) is 8.18. The topological polar surface area (TPSA) is 42.4 Å². The number of pyridine rings is 1. The van der Waals surface area contributed by atoms with E-state index in [2.05, 4.69) is 44.0 Å². The summed E-state index contributed by atoms with van der Waals surface area (Å²) in [6.07, 6.45) is 0. The highest BCUT2D eigenvalue weighted by molar-refractivity contribution is 9.11. The van der Waals surface area contributed by atoms with E-state index in [0.717, 1.165) is 59.1 Å². The Morgan fingerprint density at radius 1 is 0.925 bits per heavy atom. The lowest BCUT2D eigenvalue weighted by molar-refractivity contribution is 0.0787. The number of carbonyl (C=O) groups excluding carboxylic acids is 1. The number of aromatic nitrogens is 1. The largest absolute Gasteiger partial charge is 0.488 e. The second-order valence-corrected chi connectivity index (χ2v) is 12.0. The van der Waals surface area contributed by atoms with E-state index < -0.39 is 0 Å². The second kappa shape index (κ2) is 12.1. The van der Waals surface area contributed by atoms with Crippen LogP contribution < -0.4 is 4.74 Å². The van der Waals surface area contributed by atoms with Crippen molar-refractivity contribution < 1.29 is 9.53 Å². The highest BCUT2D eigenvalue weighted by atomic mass is 79.9. The number of amides is 1. The number of fused-ring (bicyclic) bond motifs is 1. The summed E-state index contributed by atoms with van der Waals surface area (Å²) in [5, 5.41) is 1.47. The van der Waals surface area contributed by atoms with Crippen LogP contribution in [0.1, 0.15) is 32.6 Å². The van der Waals surface area contributed by atoms with Crippen LogP contribution in [0.15, 0.2) is 93.9 Å². The number of halogens is 3. The summed E-state index contributed by atoms with van der Waals surface area (Å²) in [7, 11) is 1.83. The van der Waals surface area contributed by atoms with Gasteiger partial charge in [-0.15, -0.1) is 0 Å². The molecule has 1 aromatic heterocycles. The van der Waals surface area contributed by atoms with Crippen LogP contribution in [-0.2, 0) is 13.2 Å². The normalized spacial score (nSPS) is 11.1. The molecule has 1 heterocycles. The van der Waals surface area contributed by atoms with Crippen molar-refractivity contribution in [2.45, 2.75) is 27.0 Å². The average Bonchev–Trinajstić information content (AvgIpc) is 2.93. The number of benzene rings is 4. The van der Waals surface area contributed by atoms with Crippen LogP contribution in [0.4, 0.5) is 0 Å². The third kappa shape index (κ3) is 6.09. The SMILES string of the molecule is Cc1cc(CN(C)C(=O)c2cc(-c3ccccc3)nc3c(Br)cc(Br)cc23)cc(C)c1OCc1ccccc1Cl. The van der Waals surface area contributed by atoms with Gasteiger partial charge < -0.3 is 9.64 Å². The number of rotatable bonds is 7. The standard InChI is InChI=1S/C33H27Br2ClN2O2/c1-20-13-22(14-21(2)32(20)40-19-24-11-7-8-12-29(24)36)18-38(3)33(39)27-17-30(23-9-5-4-6-10-23)37-31-26(27)15-25(34)16-28(31)35/h4-17H,18-19H2,1-3H3. The lowest BCUT2D eigenvalue weighted by Gasteiger charge is -2.21. The number of hydrogen-bond acceptors (Lipinski definition) is 3. The molecule has 0 bridgehead atoms. The van der Waals surface area contributed by atoms with Gasteiger partial charge in [0.2, 0.25) is 0 Å². The Kier molecular flexibility index (Phi) is 8.60. The maximum absolute atomic E-state index is 13.9. The highest BCUT2D eigenvalue weighted by Gasteiger charge is 2.20. The smallest absolute Gasteiger partial charge is 0.254 e. The van der Waals surface area contributed by atoms with Gasteiger partial charge in [-0.1, -0.05) is 88.2 Å². The van der Waals surface area contributed by atoms with Crippen LogP contribution in [0, 0.1) is 13.8 Å². The molecule has 0 aliphatic heterocycles. The molecule has 1 amide bonds. The molecule has 0 spiro atoms. The fourth-order valence-corrected chi connectivity index (χ4v) is 6.37. The van der Waals surface area contributed by atoms with E-state index in [1.165, 1.54) is 0 Å². The predicted molar refractivity (Wildman–Crippen MR) is 170 cm³/mol. The van der Waals surface area contributed by atoms with E-state index >= 15 is 0 Å². The van der Waals surface area contributed by atoms with Crippen molar-refractivity contribution in [1.29, 1.82) is 0 Å². The van der Waals surface area contributed by atoms with E-state index in [1.54, 1.807) is 4.90 Å². The first-order chi connectivity index (χ1) is 19.2. The van der Waals surface area contributed by atoms with Gasteiger partial charge in [0.05, 0.1) is 16.8 Å². The van der Waals surface area contributed by atoms with Crippen molar-refractivity contribution >= 4 is 60.3 Å². The third-order valence-electron chi connectivity index (χ3n) is 6.75. The molecule has 4 aromatic carbocycles. The minimum Gasteiger partial charge on any atom is -0.488 e. The molecule has 0 atom stereocenters. The Hall–Kier alpha value is -3.19. The number of aryl methyl sites for hydroxylation is 2. The quantitative estimate of drug-likeness (QED) is 0.172. The molecule has 5 aromatic rings. The van der Waals surface area contributed by atoms with Crippen molar-refractivity contribution in [2.75, 3.05) is 7.05 Å². The van der Waals surface area contributed by atoms with Crippen molar-refractivity contribution in [3.63, 3.8) is 0 Å². The maximum Gasteiger partial charge on any atom is 0.254 e. The van der Waals surface area contributed by atoms with Crippen LogP contribution in [-0.4, -0.2) is 22.8 Å². The van der Waals surface area contributed by atoms with E-state index in [-0.39, 0.29) is 5.91 Å². The summed E-state index contributed by atoms with van der Waals surface area (Å²) in [6, 6.07) is 27.5. The van der Waals surface area contributed by atoms with Gasteiger partial charge in [-0.05, 0) is 70.7 Å². The average molecular weight is 679 g/mol. The fraction of sp³-hybridized carbons (Fsp3) is 0.152. The van der Waals surface area contributed by atoms with Gasteiger partial charge in [-0.3, -0.25) is 4.79 Å². The molecule has 0 aliphatic carbocycles. The molecule has 0 N–H and O–H groups in total. The van der Waals surface area contributed by atoms with Gasteiger partial charge in [-0.2, -0.15) is 0 Å². The van der Waals surface area contributed by atoms with Gasteiger partial charge in [0.25, 0.3) is 5.91 Å². The number of nitrogens with zero attached hydrogens (tertiary/aromatic N) is 2. The molecule has 0 aliphatic rings. The first-order valence-electron chi connectivity index (χ1n) is 12.8. The highest BCUT2D eigenvalue weighted by Crippen LogP contribution is 2.33. The van der Waals surface area contributed by atoms with Crippen LogP contribution in [0.25, 0.3) is 22.2 Å². The molecule has 0 fully saturated rings. The predicted octanol–water partition coefficient (Wildman–Crippen LogP) is 9.55. The summed E-state index contributed by atoms with van der Waals surface area (Å²) in [6.45, 7) is 4.89. The Morgan fingerprint density at radius 3 is 2.30 bits per heavy atom. The second-order valence-electron chi connectivity index (χ2n) is 9.80. The zero-order chi connectivity index (χ0) is 28.4. The van der Waals surface area contributed by atoms with E-state index in [4.69, 9.17) is 21.3 Å². The number of carbonyl (C=O) groups is 1. The van der Waals surface area contributed by atoms with Crippen LogP contribution >= 0.6 is 43.5 Å². The van der Waals surface area contributed by atoms with Gasteiger partial charge in [-0.25, -0.2) is 4.98 Å². The van der Waals surface area contributed by atoms with Crippen LogP contribution in [0.3, 0.4) is 0 Å². The Bertz CT molecular complexity index is 1700. The van der Waals surface area contributed by atoms with Crippen molar-refractivity contribution in [1.82, 2.24) is 9.88 Å². The van der Waals surface area contributed by atoms with E-state index in [9.17, 15) is 4.79 Å². The molecular weight excluding hydrogens is 652 g/mol. The molecule has 0 saturated carbocycles. The molecule has 4 nitrogen and oxygen atoms in total. The number of hydrogen-bond donors (Lipinski definition) is 0. The summed E-state index contributed by atoms with van der Waals surface area (Å²) >= 11 is 13.5. The molecule has 7 heteroatoms. The lowest BCUT2D eigenvalue weighted by Crippen LogP contribution is -2.26. The molecule has 40 heavy (non-hydrogen) atoms. The summed E-state index contributed by atoms with van der Waals surface area (Å²) in [5.41, 5.74) is 7.03. The zero-order valence-corrected chi connectivity index (χ0v) is 26.3. The zero-order valence-electron chi connectivity index (χ0n) is 22.3. The van der Waals surface area contributed by atoms with E-state index in [0.29, 0.717) is 23.7 Å². The summed E-state index contributed by atoms with van der Waals surface area (Å²) < 4.78 is 7.85. The molecule has 0 saturated heterocycles. The van der Waals surface area contributed by atoms with Gasteiger partial charge >= 0.3 is 0 Å². The first-order valence-corrected chi connectivity index (χ1v) is 14.7. The van der Waals surface area contributed by atoms with Crippen LogP contribution in [0.5, 0.6) is 5.75 Å². The van der Waals surface area contributed by atoms with Crippen molar-refractivity contribution in [3.05, 3.63) is 127 Å². The fourth-order valence-electron chi connectivity index (χ4n) is 4.86. The Balaban J connectivity index is 1.43. The lowest BCUT2D eigenvalue weighted by atomic mass is 10.0. The van der Waals surface area contributed by atoms with Gasteiger partial charge in [0, 0.05) is 44.1 Å². The molecular formula is C33H27Br2ClN2O2. The molecule has 0 unspecified atom stereocenters. The van der Waals surface area contributed by atoms with Gasteiger partial charge in [0.15, 0.2) is 0 Å².